The summed E-state index contributed by atoms with van der Waals surface area (Å²) in [4.78, 5) is 15.3. The van der Waals surface area contributed by atoms with Gasteiger partial charge in [-0.05, 0) is 148 Å². The number of unbranched alkanes of at least 4 members (excludes halogenated alkanes) is 2. The van der Waals surface area contributed by atoms with Crippen LogP contribution >= 0.6 is 54.0 Å². The van der Waals surface area contributed by atoms with Crippen LogP contribution in [0.2, 0.25) is 0 Å². The molecule has 106 heavy (non-hydrogen) atoms. The number of amides is 1. The third-order valence-electron chi connectivity index (χ3n) is 18.4. The number of nitrogens with zero attached hydrogens (tertiary/aromatic N) is 2. The molecule has 4 saturated heterocycles. The number of aliphatic hydroxyl groups is 12. The molecule has 602 valence electrons. The van der Waals surface area contributed by atoms with E-state index >= 15 is 0 Å². The Hall–Kier alpha value is -4.03. The summed E-state index contributed by atoms with van der Waals surface area (Å²) in [5.74, 6) is 1.38. The van der Waals surface area contributed by atoms with E-state index < -0.39 is 129 Å². The highest BCUT2D eigenvalue weighted by atomic mass is 32.1. The number of carbonyl (C=O) groups is 1. The standard InChI is InChI=1S/C41H58N2O13.C33H52N2O11.4H2S/c1-26-52-24-35(46)39(55-26)37(48)33(44)21-43(22-34(45)38(49)40-36(47)25-53-27(2)56-40)17-8-18-51-32-15-14-30-19-28(12-13-31(30)20-32)9-6-7-16-42-41(50)54-23-29-10-4-3-5-11-29;1-20-43-18-28(38)32(45-20)30(40)26(36)16-35(17-27(37)31(41)33-29(39)19-44-21(2)46-33)12-5-13-42-25-10-9-23-14-22(6-3-4-11-34)7-8-24(23)15-25;;;;/h3-5,10-15,19-20,26-27,33-40,44-49H,6-9,16-18,21-25H2,1-2H3,(H,42,50);7-10,14-15,20-21,26-33,36-41H,3-6,11-13,16-19,34H2,1-2H3;4*1H2/t26?,27?,33-,34-,35+,36+,37+,38+,39+,40+;20?,21?,26-,27-,28+,29+,30+,31+,32+,33+;;;;/m00..../s1. The molecule has 0 aliphatic carbocycles. The SMILES string of the molecule is CC1OC[C@@H](O)[C@H]([C@H](O)[C@@H](O)CN(CCCOc2ccc3cc(CCCCN)ccc3c2)C[C@H](O)[C@@H](O)[C@@H]2OC(C)OC[C@H]2O)O1.CC1OC[C@@H](O)[C@H]([C@H](O)[C@@H](O)CN(CCCOc2ccc3cc(CCCCNC(=O)OCc4ccccc4)ccc3c2)C[C@H](O)[C@@H](O)[C@@H]2OC(C)OC[C@H]2O)O1.S.S.S.S. The highest BCUT2D eigenvalue weighted by Gasteiger charge is 2.43. The molecule has 32 heteroatoms. The molecule has 4 aliphatic heterocycles. The van der Waals surface area contributed by atoms with Gasteiger partial charge >= 0.3 is 6.09 Å². The Labute approximate surface area is 649 Å². The Morgan fingerprint density at radius 3 is 1.15 bits per heavy atom. The van der Waals surface area contributed by atoms with E-state index in [1.807, 2.05) is 66.7 Å². The van der Waals surface area contributed by atoms with Gasteiger partial charge in [-0.1, -0.05) is 78.9 Å². The van der Waals surface area contributed by atoms with E-state index in [0.717, 1.165) is 65.6 Å². The molecule has 5 aromatic rings. The van der Waals surface area contributed by atoms with Crippen molar-refractivity contribution in [1.29, 1.82) is 0 Å². The lowest BCUT2D eigenvalue weighted by Crippen LogP contribution is -2.57. The van der Waals surface area contributed by atoms with Gasteiger partial charge < -0.3 is 124 Å². The minimum absolute atomic E-state index is 0. The molecule has 4 aliphatic rings. The van der Waals surface area contributed by atoms with Gasteiger partial charge in [0.1, 0.15) is 91.4 Å². The van der Waals surface area contributed by atoms with Gasteiger partial charge in [0.25, 0.3) is 0 Å². The van der Waals surface area contributed by atoms with Crippen molar-refractivity contribution in [2.75, 3.05) is 92.0 Å². The highest BCUT2D eigenvalue weighted by Crippen LogP contribution is 2.28. The molecule has 0 aromatic heterocycles. The van der Waals surface area contributed by atoms with Crippen molar-refractivity contribution in [3.05, 3.63) is 120 Å². The number of aliphatic hydroxyl groups excluding tert-OH is 12. The molecular formula is C74H118N4O24S4. The smallest absolute Gasteiger partial charge is 0.407 e. The zero-order valence-corrected chi connectivity index (χ0v) is 64.9. The number of nitrogens with two attached hydrogens (primary N) is 1. The highest BCUT2D eigenvalue weighted by molar-refractivity contribution is 7.59. The van der Waals surface area contributed by atoms with Crippen LogP contribution in [0.3, 0.4) is 0 Å². The van der Waals surface area contributed by atoms with Gasteiger partial charge in [-0.3, -0.25) is 9.80 Å². The van der Waals surface area contributed by atoms with Gasteiger partial charge in [-0.15, -0.1) is 0 Å². The van der Waals surface area contributed by atoms with Gasteiger partial charge in [0.2, 0.25) is 0 Å². The molecule has 0 bridgehead atoms. The molecule has 0 saturated carbocycles. The van der Waals surface area contributed by atoms with Crippen LogP contribution in [0, 0.1) is 0 Å². The normalized spacial score (nSPS) is 25.5. The number of rotatable bonds is 37. The van der Waals surface area contributed by atoms with Gasteiger partial charge in [-0.2, -0.15) is 54.0 Å². The quantitative estimate of drug-likeness (QED) is 0.0253. The number of nitrogens with one attached hydrogen (secondary N) is 1. The minimum atomic E-state index is -1.46. The van der Waals surface area contributed by atoms with Gasteiger partial charge in [0.15, 0.2) is 25.2 Å². The molecule has 0 spiro atoms. The molecule has 4 unspecified atom stereocenters. The molecule has 0 radical (unpaired) electrons. The Bertz CT molecular complexity index is 3170. The second-order valence-electron chi connectivity index (χ2n) is 26.8. The van der Waals surface area contributed by atoms with E-state index in [1.165, 1.54) is 11.1 Å². The van der Waals surface area contributed by atoms with Crippen LogP contribution in [-0.2, 0) is 62.1 Å². The third kappa shape index (κ3) is 30.2. The molecule has 20 atom stereocenters. The second-order valence-corrected chi connectivity index (χ2v) is 26.8. The summed E-state index contributed by atoms with van der Waals surface area (Å²) in [5.41, 5.74) is 9.02. The largest absolute Gasteiger partial charge is 0.494 e. The van der Waals surface area contributed by atoms with Crippen molar-refractivity contribution in [1.82, 2.24) is 15.1 Å². The molecule has 15 N–H and O–H groups in total. The Morgan fingerprint density at radius 1 is 0.453 bits per heavy atom. The number of ether oxygens (including phenoxy) is 11. The van der Waals surface area contributed by atoms with E-state index in [-0.39, 0.29) is 113 Å². The predicted octanol–water partition coefficient (Wildman–Crippen LogP) is 2.18. The number of hydrogen-bond donors (Lipinski definition) is 14. The topological polar surface area (TPSA) is 406 Å². The summed E-state index contributed by atoms with van der Waals surface area (Å²) in [6.45, 7) is 8.57. The lowest BCUT2D eigenvalue weighted by molar-refractivity contribution is -0.274. The molecule has 4 heterocycles. The first kappa shape index (κ1) is 94.3. The van der Waals surface area contributed by atoms with Gasteiger partial charge in [-0.25, -0.2) is 4.79 Å². The monoisotopic (exact) mass is 1570 g/mol. The summed E-state index contributed by atoms with van der Waals surface area (Å²) >= 11 is 0. The first-order valence-corrected chi connectivity index (χ1v) is 35.7. The molecule has 28 nitrogen and oxygen atoms in total. The summed E-state index contributed by atoms with van der Waals surface area (Å²) in [7, 11) is 0. The third-order valence-corrected chi connectivity index (χ3v) is 18.4. The molecular weight excluding hydrogens is 1460 g/mol. The first-order chi connectivity index (χ1) is 49.0. The summed E-state index contributed by atoms with van der Waals surface area (Å²) < 4.78 is 60.4. The lowest BCUT2D eigenvalue weighted by Gasteiger charge is -2.39. The molecule has 4 fully saturated rings. The van der Waals surface area contributed by atoms with Crippen LogP contribution in [0.25, 0.3) is 21.5 Å². The fourth-order valence-electron chi connectivity index (χ4n) is 12.7. The predicted molar refractivity (Wildman–Crippen MR) is 415 cm³/mol. The van der Waals surface area contributed by atoms with Crippen molar-refractivity contribution in [2.45, 2.75) is 208 Å². The van der Waals surface area contributed by atoms with Crippen molar-refractivity contribution in [2.24, 2.45) is 5.73 Å². The second kappa shape index (κ2) is 48.7. The number of carbonyl (C=O) groups excluding carboxylic acids is 1. The Morgan fingerprint density at radius 2 is 0.792 bits per heavy atom. The fraction of sp³-hybridized carbons (Fsp3) is 0.635. The number of aryl methyl sites for hydroxylation is 2. The molecule has 1 amide bonds. The number of hydrogen-bond acceptors (Lipinski definition) is 27. The lowest BCUT2D eigenvalue weighted by atomic mass is 10.00. The maximum absolute atomic E-state index is 12.0. The maximum atomic E-state index is 12.0. The zero-order valence-electron chi connectivity index (χ0n) is 60.9. The van der Waals surface area contributed by atoms with E-state index in [0.29, 0.717) is 63.7 Å². The summed E-state index contributed by atoms with van der Waals surface area (Å²) in [5, 5.41) is 136. The van der Waals surface area contributed by atoms with Crippen LogP contribution < -0.4 is 20.5 Å². The number of benzene rings is 5. The minimum Gasteiger partial charge on any atom is -0.494 e. The van der Waals surface area contributed by atoms with Gasteiger partial charge in [0, 0.05) is 45.8 Å². The van der Waals surface area contributed by atoms with E-state index in [4.69, 9.17) is 57.8 Å². The van der Waals surface area contributed by atoms with Crippen LogP contribution in [0.15, 0.2) is 103 Å². The number of fused-ring (bicyclic) bond motifs is 2. The van der Waals surface area contributed by atoms with E-state index in [1.54, 1.807) is 37.5 Å². The summed E-state index contributed by atoms with van der Waals surface area (Å²) in [6, 6.07) is 34.0. The molecule has 9 rings (SSSR count). The zero-order chi connectivity index (χ0) is 73.2. The Balaban J connectivity index is 0.000000440. The fourth-order valence-corrected chi connectivity index (χ4v) is 12.7. The van der Waals surface area contributed by atoms with Crippen LogP contribution in [0.5, 0.6) is 11.5 Å². The van der Waals surface area contributed by atoms with Crippen molar-refractivity contribution >= 4 is 81.6 Å². The Kier molecular flexibility index (Phi) is 43.3. The van der Waals surface area contributed by atoms with Crippen LogP contribution in [-0.4, -0.2) is 292 Å². The van der Waals surface area contributed by atoms with Crippen LogP contribution in [0.4, 0.5) is 4.79 Å². The van der Waals surface area contributed by atoms with Crippen molar-refractivity contribution < 1.29 is 118 Å². The maximum Gasteiger partial charge on any atom is 0.407 e. The van der Waals surface area contributed by atoms with Crippen molar-refractivity contribution in [3.8, 4) is 11.5 Å². The van der Waals surface area contributed by atoms with Crippen LogP contribution in [0.1, 0.15) is 82.9 Å². The van der Waals surface area contributed by atoms with E-state index in [9.17, 15) is 66.1 Å². The first-order valence-electron chi connectivity index (χ1n) is 35.7. The average molecular weight is 1580 g/mol. The average Bonchev–Trinajstić information content (AvgIpc) is 0.845. The molecule has 5 aromatic carbocycles. The number of alkyl carbamates (subject to hydrolysis) is 1. The van der Waals surface area contributed by atoms with Crippen molar-refractivity contribution in [3.63, 3.8) is 0 Å². The summed E-state index contributed by atoms with van der Waals surface area (Å²) in [6.07, 6.45) is -16.7. The van der Waals surface area contributed by atoms with E-state index in [2.05, 4.69) is 41.7 Å². The van der Waals surface area contributed by atoms with Gasteiger partial charge in [0.05, 0.1) is 64.1 Å².